The standard InChI is InChI=1S/C24H31NO2/c1-6-25-12-11-24(27,21-10-8-17(3)19(5)14-21)22(15-25)23(26)20-9-7-16(2)18(4)13-20/h7-10,13-14,22,27H,6,11-12,15H2,1-5H3. The molecule has 0 spiro atoms. The highest BCUT2D eigenvalue weighted by Gasteiger charge is 2.46. The van der Waals surface area contributed by atoms with Crippen LogP contribution < -0.4 is 0 Å². The highest BCUT2D eigenvalue weighted by atomic mass is 16.3. The average molecular weight is 366 g/mol. The van der Waals surface area contributed by atoms with E-state index in [1.165, 1.54) is 11.1 Å². The maximum atomic E-state index is 13.5. The second-order valence-electron chi connectivity index (χ2n) is 8.08. The smallest absolute Gasteiger partial charge is 0.170 e. The Morgan fingerprint density at radius 1 is 1.04 bits per heavy atom. The Balaban J connectivity index is 2.04. The topological polar surface area (TPSA) is 40.5 Å². The van der Waals surface area contributed by atoms with Gasteiger partial charge in [0.1, 0.15) is 5.60 Å². The Bertz CT molecular complexity index is 857. The van der Waals surface area contributed by atoms with Crippen LogP contribution in [0.3, 0.4) is 0 Å². The van der Waals surface area contributed by atoms with Crippen molar-refractivity contribution in [3.8, 4) is 0 Å². The summed E-state index contributed by atoms with van der Waals surface area (Å²) >= 11 is 0. The molecule has 2 atom stereocenters. The Kier molecular flexibility index (Phi) is 5.55. The van der Waals surface area contributed by atoms with Crippen molar-refractivity contribution in [3.05, 3.63) is 69.8 Å². The number of hydrogen-bond acceptors (Lipinski definition) is 3. The molecular weight excluding hydrogens is 334 g/mol. The first-order chi connectivity index (χ1) is 12.8. The lowest BCUT2D eigenvalue weighted by Crippen LogP contribution is -2.53. The Morgan fingerprint density at radius 3 is 2.26 bits per heavy atom. The number of nitrogens with zero attached hydrogens (tertiary/aromatic N) is 1. The monoisotopic (exact) mass is 365 g/mol. The van der Waals surface area contributed by atoms with Crippen LogP contribution in [0.4, 0.5) is 0 Å². The largest absolute Gasteiger partial charge is 0.384 e. The molecule has 0 aromatic heterocycles. The minimum Gasteiger partial charge on any atom is -0.384 e. The lowest BCUT2D eigenvalue weighted by atomic mass is 9.72. The number of benzene rings is 2. The Hall–Kier alpha value is -1.97. The minimum atomic E-state index is -1.12. The van der Waals surface area contributed by atoms with E-state index < -0.39 is 11.5 Å². The first kappa shape index (κ1) is 19.8. The molecule has 3 heteroatoms. The molecule has 2 aromatic rings. The fraction of sp³-hybridized carbons (Fsp3) is 0.458. The molecule has 1 fully saturated rings. The number of carbonyl (C=O) groups is 1. The first-order valence-electron chi connectivity index (χ1n) is 9.90. The molecule has 1 heterocycles. The van der Waals surface area contributed by atoms with E-state index in [1.54, 1.807) is 0 Å². The van der Waals surface area contributed by atoms with E-state index in [-0.39, 0.29) is 5.78 Å². The van der Waals surface area contributed by atoms with Gasteiger partial charge in [0.15, 0.2) is 5.78 Å². The number of aliphatic hydroxyl groups is 1. The van der Waals surface area contributed by atoms with Crippen molar-refractivity contribution >= 4 is 5.78 Å². The quantitative estimate of drug-likeness (QED) is 0.820. The number of rotatable bonds is 4. The third kappa shape index (κ3) is 3.71. The molecule has 0 amide bonds. The number of ketones is 1. The van der Waals surface area contributed by atoms with E-state index in [0.29, 0.717) is 18.5 Å². The molecule has 0 bridgehead atoms. The third-order valence-electron chi connectivity index (χ3n) is 6.39. The van der Waals surface area contributed by atoms with E-state index >= 15 is 0 Å². The number of likely N-dealkylation sites (tertiary alicyclic amines) is 1. The summed E-state index contributed by atoms with van der Waals surface area (Å²) in [5, 5.41) is 11.7. The fourth-order valence-corrected chi connectivity index (χ4v) is 4.04. The fourth-order valence-electron chi connectivity index (χ4n) is 4.04. The first-order valence-corrected chi connectivity index (χ1v) is 9.90. The summed E-state index contributed by atoms with van der Waals surface area (Å²) in [6, 6.07) is 12.0. The summed E-state index contributed by atoms with van der Waals surface area (Å²) < 4.78 is 0. The lowest BCUT2D eigenvalue weighted by molar-refractivity contribution is -0.0632. The average Bonchev–Trinajstić information content (AvgIpc) is 2.66. The van der Waals surface area contributed by atoms with Crippen molar-refractivity contribution in [2.45, 2.75) is 46.6 Å². The van der Waals surface area contributed by atoms with Gasteiger partial charge in [-0.05, 0) is 74.5 Å². The van der Waals surface area contributed by atoms with E-state index in [4.69, 9.17) is 0 Å². The summed E-state index contributed by atoms with van der Waals surface area (Å²) in [7, 11) is 0. The molecule has 1 N–H and O–H groups in total. The van der Waals surface area contributed by atoms with Crippen molar-refractivity contribution in [2.75, 3.05) is 19.6 Å². The molecule has 0 saturated carbocycles. The van der Waals surface area contributed by atoms with Crippen LogP contribution in [0.15, 0.2) is 36.4 Å². The predicted molar refractivity (Wildman–Crippen MR) is 110 cm³/mol. The number of aryl methyl sites for hydroxylation is 4. The van der Waals surface area contributed by atoms with Crippen LogP contribution >= 0.6 is 0 Å². The predicted octanol–water partition coefficient (Wildman–Crippen LogP) is 4.33. The van der Waals surface area contributed by atoms with E-state index in [0.717, 1.165) is 29.8 Å². The van der Waals surface area contributed by atoms with Gasteiger partial charge in [0.25, 0.3) is 0 Å². The van der Waals surface area contributed by atoms with Crippen molar-refractivity contribution in [1.82, 2.24) is 4.90 Å². The molecule has 1 saturated heterocycles. The molecule has 3 rings (SSSR count). The Morgan fingerprint density at radius 2 is 1.67 bits per heavy atom. The molecule has 27 heavy (non-hydrogen) atoms. The van der Waals surface area contributed by atoms with Gasteiger partial charge in [-0.3, -0.25) is 4.79 Å². The maximum Gasteiger partial charge on any atom is 0.170 e. The second-order valence-corrected chi connectivity index (χ2v) is 8.08. The van der Waals surface area contributed by atoms with Gasteiger partial charge in [-0.25, -0.2) is 0 Å². The lowest BCUT2D eigenvalue weighted by Gasteiger charge is -2.44. The molecule has 1 aliphatic heterocycles. The summed E-state index contributed by atoms with van der Waals surface area (Å²) in [5.74, 6) is -0.424. The number of carbonyl (C=O) groups excluding carboxylic acids is 1. The normalized spacial score (nSPS) is 23.4. The molecule has 0 radical (unpaired) electrons. The summed E-state index contributed by atoms with van der Waals surface area (Å²) in [5.41, 5.74) is 5.07. The van der Waals surface area contributed by atoms with Crippen LogP contribution in [-0.2, 0) is 5.60 Å². The molecular formula is C24H31NO2. The van der Waals surface area contributed by atoms with Gasteiger partial charge in [-0.2, -0.15) is 0 Å². The van der Waals surface area contributed by atoms with Crippen LogP contribution in [0.2, 0.25) is 0 Å². The SMILES string of the molecule is CCN1CCC(O)(c2ccc(C)c(C)c2)C(C(=O)c2ccc(C)c(C)c2)C1. The van der Waals surface area contributed by atoms with E-state index in [1.807, 2.05) is 37.3 Å². The van der Waals surface area contributed by atoms with Crippen molar-refractivity contribution < 1.29 is 9.90 Å². The Labute approximate surface area is 163 Å². The molecule has 144 valence electrons. The number of piperidine rings is 1. The molecule has 2 aromatic carbocycles. The van der Waals surface area contributed by atoms with Gasteiger partial charge < -0.3 is 10.0 Å². The minimum absolute atomic E-state index is 0.0389. The zero-order valence-electron chi connectivity index (χ0n) is 17.2. The number of hydrogen-bond donors (Lipinski definition) is 1. The van der Waals surface area contributed by atoms with Crippen LogP contribution in [0.25, 0.3) is 0 Å². The molecule has 0 aliphatic carbocycles. The number of Topliss-reactive ketones (excluding diaryl/α,β-unsaturated/α-hetero) is 1. The molecule has 1 aliphatic rings. The van der Waals surface area contributed by atoms with Gasteiger partial charge in [-0.1, -0.05) is 37.3 Å². The maximum absolute atomic E-state index is 13.5. The summed E-state index contributed by atoms with van der Waals surface area (Å²) in [6.45, 7) is 12.6. The zero-order valence-corrected chi connectivity index (χ0v) is 17.2. The second kappa shape index (κ2) is 7.57. The zero-order chi connectivity index (χ0) is 19.8. The summed E-state index contributed by atoms with van der Waals surface area (Å²) in [6.07, 6.45) is 0.574. The van der Waals surface area contributed by atoms with Gasteiger partial charge in [0.2, 0.25) is 0 Å². The van der Waals surface area contributed by atoms with E-state index in [9.17, 15) is 9.90 Å². The van der Waals surface area contributed by atoms with Crippen LogP contribution in [0.1, 0.15) is 51.5 Å². The van der Waals surface area contributed by atoms with Gasteiger partial charge in [0, 0.05) is 18.7 Å². The third-order valence-corrected chi connectivity index (χ3v) is 6.39. The summed E-state index contributed by atoms with van der Waals surface area (Å²) in [4.78, 5) is 15.7. The van der Waals surface area contributed by atoms with Crippen LogP contribution in [-0.4, -0.2) is 35.4 Å². The van der Waals surface area contributed by atoms with Crippen molar-refractivity contribution in [1.29, 1.82) is 0 Å². The van der Waals surface area contributed by atoms with Crippen molar-refractivity contribution in [2.24, 2.45) is 5.92 Å². The highest BCUT2D eigenvalue weighted by molar-refractivity contribution is 5.99. The van der Waals surface area contributed by atoms with Crippen molar-refractivity contribution in [3.63, 3.8) is 0 Å². The van der Waals surface area contributed by atoms with E-state index in [2.05, 4.69) is 38.7 Å². The van der Waals surface area contributed by atoms with Gasteiger partial charge in [0.05, 0.1) is 5.92 Å². The van der Waals surface area contributed by atoms with Gasteiger partial charge >= 0.3 is 0 Å². The molecule has 2 unspecified atom stereocenters. The highest BCUT2D eigenvalue weighted by Crippen LogP contribution is 2.40. The van der Waals surface area contributed by atoms with Crippen LogP contribution in [0, 0.1) is 33.6 Å². The van der Waals surface area contributed by atoms with Crippen LogP contribution in [0.5, 0.6) is 0 Å². The van der Waals surface area contributed by atoms with Gasteiger partial charge in [-0.15, -0.1) is 0 Å². The molecule has 3 nitrogen and oxygen atoms in total.